The predicted molar refractivity (Wildman–Crippen MR) is 80.0 cm³/mol. The number of phenolic OH excluding ortho intramolecular Hbond substituents is 1. The Morgan fingerprint density at radius 1 is 1.30 bits per heavy atom. The van der Waals surface area contributed by atoms with Crippen molar-refractivity contribution in [3.05, 3.63) is 29.3 Å². The summed E-state index contributed by atoms with van der Waals surface area (Å²) in [5.74, 6) is 0.466. The Labute approximate surface area is 120 Å². The van der Waals surface area contributed by atoms with Crippen LogP contribution in [0.25, 0.3) is 0 Å². The predicted octanol–water partition coefficient (Wildman–Crippen LogP) is 1.66. The molecular formula is C16H24N2O2. The number of hydrogen-bond acceptors (Lipinski definition) is 3. The first kappa shape index (κ1) is 14.9. The number of rotatable bonds is 2. The minimum absolute atomic E-state index is 0.127. The molecule has 1 saturated heterocycles. The number of carbonyl (C=O) groups is 1. The van der Waals surface area contributed by atoms with E-state index in [1.54, 1.807) is 6.07 Å². The van der Waals surface area contributed by atoms with Crippen LogP contribution in [0.5, 0.6) is 5.75 Å². The largest absolute Gasteiger partial charge is 0.508 e. The van der Waals surface area contributed by atoms with E-state index in [1.165, 1.54) is 0 Å². The van der Waals surface area contributed by atoms with E-state index in [2.05, 4.69) is 26.1 Å². The first-order valence-corrected chi connectivity index (χ1v) is 7.19. The van der Waals surface area contributed by atoms with Gasteiger partial charge in [-0.15, -0.1) is 0 Å². The summed E-state index contributed by atoms with van der Waals surface area (Å²) in [6, 6.07) is 5.49. The van der Waals surface area contributed by atoms with Crippen LogP contribution in [0.2, 0.25) is 0 Å². The van der Waals surface area contributed by atoms with Crippen molar-refractivity contribution in [3.63, 3.8) is 0 Å². The standard InChI is InChI=1S/C16H24N2O2/c1-16(2,3)13-10-12(4-5-14(13)19)11-15(20)18-8-6-17-7-9-18/h4-5,10,17,19H,6-9,11H2,1-3H3. The van der Waals surface area contributed by atoms with Gasteiger partial charge >= 0.3 is 0 Å². The van der Waals surface area contributed by atoms with Gasteiger partial charge in [-0.05, 0) is 22.6 Å². The van der Waals surface area contributed by atoms with Crippen molar-refractivity contribution in [2.24, 2.45) is 0 Å². The highest BCUT2D eigenvalue weighted by molar-refractivity contribution is 5.79. The first-order valence-electron chi connectivity index (χ1n) is 7.19. The van der Waals surface area contributed by atoms with Crippen LogP contribution in [0, 0.1) is 0 Å². The number of nitrogens with zero attached hydrogens (tertiary/aromatic N) is 1. The summed E-state index contributed by atoms with van der Waals surface area (Å²) < 4.78 is 0. The number of piperazine rings is 1. The molecule has 0 saturated carbocycles. The van der Waals surface area contributed by atoms with Crippen LogP contribution in [-0.4, -0.2) is 42.1 Å². The van der Waals surface area contributed by atoms with Gasteiger partial charge in [0.2, 0.25) is 5.91 Å². The molecule has 0 radical (unpaired) electrons. The lowest BCUT2D eigenvalue weighted by molar-refractivity contribution is -0.131. The third kappa shape index (κ3) is 3.51. The zero-order valence-corrected chi connectivity index (χ0v) is 12.6. The van der Waals surface area contributed by atoms with Crippen LogP contribution in [0.3, 0.4) is 0 Å². The third-order valence-corrected chi connectivity index (χ3v) is 3.69. The molecule has 2 N–H and O–H groups in total. The summed E-state index contributed by atoms with van der Waals surface area (Å²) in [7, 11) is 0. The third-order valence-electron chi connectivity index (χ3n) is 3.69. The zero-order valence-electron chi connectivity index (χ0n) is 12.6. The van der Waals surface area contributed by atoms with Gasteiger partial charge in [0.1, 0.15) is 5.75 Å². The summed E-state index contributed by atoms with van der Waals surface area (Å²) >= 11 is 0. The topological polar surface area (TPSA) is 52.6 Å². The molecule has 4 nitrogen and oxygen atoms in total. The smallest absolute Gasteiger partial charge is 0.227 e. The fourth-order valence-electron chi connectivity index (χ4n) is 2.49. The lowest BCUT2D eigenvalue weighted by Gasteiger charge is -2.28. The van der Waals surface area contributed by atoms with E-state index in [4.69, 9.17) is 0 Å². The fourth-order valence-corrected chi connectivity index (χ4v) is 2.49. The van der Waals surface area contributed by atoms with E-state index in [-0.39, 0.29) is 11.3 Å². The van der Waals surface area contributed by atoms with E-state index >= 15 is 0 Å². The average Bonchev–Trinajstić information content (AvgIpc) is 2.40. The molecule has 1 amide bonds. The van der Waals surface area contributed by atoms with Crippen molar-refractivity contribution < 1.29 is 9.90 Å². The molecule has 0 aliphatic carbocycles. The van der Waals surface area contributed by atoms with E-state index < -0.39 is 0 Å². The molecule has 1 aliphatic rings. The number of amides is 1. The van der Waals surface area contributed by atoms with Gasteiger partial charge in [-0.1, -0.05) is 32.9 Å². The lowest BCUT2D eigenvalue weighted by atomic mass is 9.85. The maximum Gasteiger partial charge on any atom is 0.227 e. The van der Waals surface area contributed by atoms with Gasteiger partial charge < -0.3 is 15.3 Å². The Hall–Kier alpha value is -1.55. The lowest BCUT2D eigenvalue weighted by Crippen LogP contribution is -2.46. The molecule has 0 bridgehead atoms. The molecule has 1 aliphatic heterocycles. The number of benzene rings is 1. The van der Waals surface area contributed by atoms with Crippen LogP contribution in [-0.2, 0) is 16.6 Å². The van der Waals surface area contributed by atoms with Crippen molar-refractivity contribution in [3.8, 4) is 5.75 Å². The Morgan fingerprint density at radius 3 is 2.55 bits per heavy atom. The van der Waals surface area contributed by atoms with Crippen LogP contribution in [0.4, 0.5) is 0 Å². The van der Waals surface area contributed by atoms with Gasteiger partial charge in [-0.3, -0.25) is 4.79 Å². The van der Waals surface area contributed by atoms with Crippen LogP contribution in [0.1, 0.15) is 31.9 Å². The van der Waals surface area contributed by atoms with E-state index in [1.807, 2.05) is 17.0 Å². The van der Waals surface area contributed by atoms with E-state index in [0.717, 1.165) is 37.3 Å². The highest BCUT2D eigenvalue weighted by atomic mass is 16.3. The highest BCUT2D eigenvalue weighted by Crippen LogP contribution is 2.31. The second-order valence-electron chi connectivity index (χ2n) is 6.41. The molecule has 1 aromatic rings. The molecule has 1 aromatic carbocycles. The normalized spacial score (nSPS) is 16.2. The Balaban J connectivity index is 2.11. The summed E-state index contributed by atoms with van der Waals surface area (Å²) in [6.45, 7) is 9.48. The maximum absolute atomic E-state index is 12.2. The van der Waals surface area contributed by atoms with E-state index in [0.29, 0.717) is 12.2 Å². The monoisotopic (exact) mass is 276 g/mol. The van der Waals surface area contributed by atoms with Gasteiger partial charge in [-0.2, -0.15) is 0 Å². The highest BCUT2D eigenvalue weighted by Gasteiger charge is 2.20. The summed E-state index contributed by atoms with van der Waals surface area (Å²) in [5, 5.41) is 13.2. The van der Waals surface area contributed by atoms with Crippen LogP contribution in [0.15, 0.2) is 18.2 Å². The first-order chi connectivity index (χ1) is 9.38. The van der Waals surface area contributed by atoms with Gasteiger partial charge in [0.25, 0.3) is 0 Å². The molecule has 0 atom stereocenters. The van der Waals surface area contributed by atoms with Gasteiger partial charge in [0.05, 0.1) is 6.42 Å². The average molecular weight is 276 g/mol. The Kier molecular flexibility index (Phi) is 4.33. The molecule has 2 rings (SSSR count). The minimum Gasteiger partial charge on any atom is -0.508 e. The number of hydrogen-bond donors (Lipinski definition) is 2. The molecule has 0 spiro atoms. The minimum atomic E-state index is -0.127. The molecule has 1 heterocycles. The Morgan fingerprint density at radius 2 is 1.95 bits per heavy atom. The summed E-state index contributed by atoms with van der Waals surface area (Å²) in [4.78, 5) is 14.2. The second kappa shape index (κ2) is 5.83. The van der Waals surface area contributed by atoms with Gasteiger partial charge in [0.15, 0.2) is 0 Å². The van der Waals surface area contributed by atoms with Crippen LogP contribution >= 0.6 is 0 Å². The van der Waals surface area contributed by atoms with Crippen molar-refractivity contribution in [2.75, 3.05) is 26.2 Å². The molecule has 20 heavy (non-hydrogen) atoms. The number of nitrogens with one attached hydrogen (secondary N) is 1. The van der Waals surface area contributed by atoms with Gasteiger partial charge in [0, 0.05) is 26.2 Å². The SMILES string of the molecule is CC(C)(C)c1cc(CC(=O)N2CCNCC2)ccc1O. The maximum atomic E-state index is 12.2. The summed E-state index contributed by atoms with van der Waals surface area (Å²) in [5.41, 5.74) is 1.73. The quantitative estimate of drug-likeness (QED) is 0.864. The van der Waals surface area contributed by atoms with Crippen molar-refractivity contribution in [2.45, 2.75) is 32.6 Å². The van der Waals surface area contributed by atoms with Crippen LogP contribution < -0.4 is 5.32 Å². The number of aromatic hydroxyl groups is 1. The summed E-state index contributed by atoms with van der Waals surface area (Å²) in [6.07, 6.45) is 0.406. The van der Waals surface area contributed by atoms with Crippen molar-refractivity contribution in [1.82, 2.24) is 10.2 Å². The van der Waals surface area contributed by atoms with Gasteiger partial charge in [-0.25, -0.2) is 0 Å². The zero-order chi connectivity index (χ0) is 14.8. The molecule has 110 valence electrons. The Bertz CT molecular complexity index is 486. The van der Waals surface area contributed by atoms with Crippen molar-refractivity contribution >= 4 is 5.91 Å². The number of phenols is 1. The van der Waals surface area contributed by atoms with Crippen molar-refractivity contribution in [1.29, 1.82) is 0 Å². The molecular weight excluding hydrogens is 252 g/mol. The second-order valence-corrected chi connectivity index (χ2v) is 6.41. The number of carbonyl (C=O) groups excluding carboxylic acids is 1. The van der Waals surface area contributed by atoms with E-state index in [9.17, 15) is 9.90 Å². The molecule has 1 fully saturated rings. The molecule has 0 unspecified atom stereocenters. The molecule has 0 aromatic heterocycles. The molecule has 4 heteroatoms. The fraction of sp³-hybridized carbons (Fsp3) is 0.562.